The van der Waals surface area contributed by atoms with Gasteiger partial charge in [0.15, 0.2) is 23.6 Å². The van der Waals surface area contributed by atoms with E-state index in [1.807, 2.05) is 0 Å². The van der Waals surface area contributed by atoms with Crippen molar-refractivity contribution in [1.82, 2.24) is 39.4 Å². The molecule has 248 valence electrons. The number of aliphatic hydroxyl groups excluding tert-OH is 1. The van der Waals surface area contributed by atoms with Crippen molar-refractivity contribution in [2.24, 2.45) is 5.73 Å². The molecule has 3 aromatic heterocycles. The molecular formula is C24H19ClF9N9O3. The lowest BCUT2D eigenvalue weighted by atomic mass is 10.2. The molecule has 12 nitrogen and oxygen atoms in total. The van der Waals surface area contributed by atoms with Gasteiger partial charge in [0.25, 0.3) is 5.91 Å². The Morgan fingerprint density at radius 1 is 1.00 bits per heavy atom. The lowest BCUT2D eigenvalue weighted by Gasteiger charge is -2.16. The summed E-state index contributed by atoms with van der Waals surface area (Å²) >= 11 is 5.85. The molecule has 4 aromatic rings. The summed E-state index contributed by atoms with van der Waals surface area (Å²) in [6, 6.07) is 4.17. The van der Waals surface area contributed by atoms with E-state index in [4.69, 9.17) is 17.3 Å². The number of nitrogens with two attached hydrogens (primary N) is 1. The largest absolute Gasteiger partial charge is 0.420 e. The molecule has 22 heteroatoms. The molecule has 0 fully saturated rings. The number of hydrogen-bond acceptors (Lipinski definition) is 8. The fourth-order valence-electron chi connectivity index (χ4n) is 3.83. The number of carbonyl (C=O) groups is 1. The number of benzene rings is 1. The van der Waals surface area contributed by atoms with Crippen molar-refractivity contribution in [1.29, 1.82) is 0 Å². The lowest BCUT2D eigenvalue weighted by molar-refractivity contribution is -0.207. The average Bonchev–Trinajstić information content (AvgIpc) is 3.52. The van der Waals surface area contributed by atoms with Gasteiger partial charge in [0.1, 0.15) is 18.2 Å². The molecule has 4 rings (SSSR count). The van der Waals surface area contributed by atoms with Crippen LogP contribution in [0.4, 0.5) is 39.5 Å². The van der Waals surface area contributed by atoms with Gasteiger partial charge in [0, 0.05) is 23.3 Å². The number of aliphatic hydroxyl groups is 1. The van der Waals surface area contributed by atoms with E-state index >= 15 is 0 Å². The Balaban J connectivity index is 1.81. The predicted molar refractivity (Wildman–Crippen MR) is 139 cm³/mol. The molecule has 1 amide bonds. The Kier molecular flexibility index (Phi) is 9.50. The van der Waals surface area contributed by atoms with Crippen molar-refractivity contribution in [2.75, 3.05) is 6.54 Å². The summed E-state index contributed by atoms with van der Waals surface area (Å²) in [5.74, 6) is -4.52. The van der Waals surface area contributed by atoms with Crippen molar-refractivity contribution in [2.45, 2.75) is 43.8 Å². The number of carbonyl (C=O) groups excluding carboxylic acids is 1. The van der Waals surface area contributed by atoms with Crippen LogP contribution in [-0.4, -0.2) is 76.2 Å². The minimum atomic E-state index is -5.14. The van der Waals surface area contributed by atoms with E-state index in [2.05, 4.69) is 20.2 Å². The van der Waals surface area contributed by atoms with Crippen molar-refractivity contribution >= 4 is 17.5 Å². The van der Waals surface area contributed by atoms with E-state index in [-0.39, 0.29) is 15.3 Å². The van der Waals surface area contributed by atoms with E-state index in [9.17, 15) is 54.2 Å². The third-order valence-electron chi connectivity index (χ3n) is 6.10. The second-order valence-electron chi connectivity index (χ2n) is 9.43. The standard InChI is InChI=1S/C24H19ClF9N9O3/c25-12-5-3-11(4-6-12)17-40-42(21(46)41(17)9-15(44)24(32,33)34)10-16-38-19(20(45)37-8-14(35)23(29,30)31)43(39-16)18-13(22(26,27)28)2-1-7-36-18/h1-7,14-15,44H,8-10,35H2,(H,37,45). The molecule has 2 unspecified atom stereocenters. The number of alkyl halides is 9. The Labute approximate surface area is 255 Å². The first kappa shape index (κ1) is 34.4. The zero-order chi connectivity index (χ0) is 34.2. The van der Waals surface area contributed by atoms with Crippen LogP contribution in [0, 0.1) is 0 Å². The first-order valence-electron chi connectivity index (χ1n) is 12.5. The summed E-state index contributed by atoms with van der Waals surface area (Å²) in [6.07, 6.45) is -17.3. The SMILES string of the molecule is NC(CNC(=O)c1nc(Cn2nc(-c3ccc(Cl)cc3)n(CC(O)C(F)(F)F)c2=O)nn1-c1ncccc1C(F)(F)F)C(F)(F)F. The average molecular weight is 688 g/mol. The van der Waals surface area contributed by atoms with Gasteiger partial charge in [-0.3, -0.25) is 9.36 Å². The topological polar surface area (TPSA) is 159 Å². The van der Waals surface area contributed by atoms with E-state index in [1.165, 1.54) is 24.3 Å². The Hall–Kier alpha value is -4.50. The van der Waals surface area contributed by atoms with Crippen LogP contribution >= 0.6 is 11.6 Å². The number of pyridine rings is 1. The maximum Gasteiger partial charge on any atom is 0.420 e. The molecule has 0 radical (unpaired) electrons. The number of hydrogen-bond donors (Lipinski definition) is 3. The highest BCUT2D eigenvalue weighted by Crippen LogP contribution is 2.33. The minimum absolute atomic E-state index is 0.0671. The van der Waals surface area contributed by atoms with E-state index in [0.717, 1.165) is 12.3 Å². The van der Waals surface area contributed by atoms with Crippen LogP contribution in [0.15, 0.2) is 47.4 Å². The quantitative estimate of drug-likeness (QED) is 0.227. The third-order valence-corrected chi connectivity index (χ3v) is 6.35. The van der Waals surface area contributed by atoms with Gasteiger partial charge in [0.05, 0.1) is 6.54 Å². The summed E-state index contributed by atoms with van der Waals surface area (Å²) in [6.45, 7) is -3.41. The molecule has 46 heavy (non-hydrogen) atoms. The minimum Gasteiger partial charge on any atom is -0.382 e. The fourth-order valence-corrected chi connectivity index (χ4v) is 3.96. The van der Waals surface area contributed by atoms with Crippen LogP contribution in [0.25, 0.3) is 17.2 Å². The molecule has 0 aliphatic rings. The Morgan fingerprint density at radius 2 is 1.65 bits per heavy atom. The first-order valence-corrected chi connectivity index (χ1v) is 12.9. The highest BCUT2D eigenvalue weighted by Gasteiger charge is 2.40. The molecule has 0 saturated heterocycles. The molecule has 0 spiro atoms. The number of nitrogens with one attached hydrogen (secondary N) is 1. The first-order chi connectivity index (χ1) is 21.3. The van der Waals surface area contributed by atoms with Gasteiger partial charge in [-0.2, -0.15) is 44.2 Å². The summed E-state index contributed by atoms with van der Waals surface area (Å²) in [5, 5.41) is 19.4. The molecule has 0 aliphatic heterocycles. The number of halogens is 10. The highest BCUT2D eigenvalue weighted by atomic mass is 35.5. The number of aromatic nitrogens is 7. The van der Waals surface area contributed by atoms with Gasteiger partial charge in [-0.05, 0) is 36.4 Å². The van der Waals surface area contributed by atoms with Crippen molar-refractivity contribution in [3.8, 4) is 17.2 Å². The van der Waals surface area contributed by atoms with Crippen molar-refractivity contribution < 1.29 is 49.4 Å². The van der Waals surface area contributed by atoms with Crippen molar-refractivity contribution in [3.05, 3.63) is 75.3 Å². The van der Waals surface area contributed by atoms with Crippen LogP contribution in [0.1, 0.15) is 22.0 Å². The normalized spacial score (nSPS) is 13.9. The van der Waals surface area contributed by atoms with Gasteiger partial charge in [-0.25, -0.2) is 19.4 Å². The zero-order valence-electron chi connectivity index (χ0n) is 22.6. The van der Waals surface area contributed by atoms with Crippen LogP contribution in [0.2, 0.25) is 5.02 Å². The van der Waals surface area contributed by atoms with Gasteiger partial charge in [-0.15, -0.1) is 10.2 Å². The Bertz CT molecular complexity index is 1760. The summed E-state index contributed by atoms with van der Waals surface area (Å²) < 4.78 is 121. The van der Waals surface area contributed by atoms with Crippen LogP contribution < -0.4 is 16.7 Å². The van der Waals surface area contributed by atoms with Crippen LogP contribution in [-0.2, 0) is 19.3 Å². The van der Waals surface area contributed by atoms with Gasteiger partial charge >= 0.3 is 24.2 Å². The molecule has 0 bridgehead atoms. The van der Waals surface area contributed by atoms with Gasteiger partial charge in [-0.1, -0.05) is 11.6 Å². The van der Waals surface area contributed by atoms with Crippen LogP contribution in [0.5, 0.6) is 0 Å². The van der Waals surface area contributed by atoms with E-state index in [1.54, 1.807) is 5.32 Å². The number of amides is 1. The van der Waals surface area contributed by atoms with Crippen LogP contribution in [0.3, 0.4) is 0 Å². The number of rotatable bonds is 9. The predicted octanol–water partition coefficient (Wildman–Crippen LogP) is 2.95. The molecule has 4 N–H and O–H groups in total. The summed E-state index contributed by atoms with van der Waals surface area (Å²) in [4.78, 5) is 33.4. The van der Waals surface area contributed by atoms with Crippen molar-refractivity contribution in [3.63, 3.8) is 0 Å². The molecule has 1 aromatic carbocycles. The highest BCUT2D eigenvalue weighted by molar-refractivity contribution is 6.30. The van der Waals surface area contributed by atoms with Gasteiger partial charge < -0.3 is 16.2 Å². The third kappa shape index (κ3) is 7.65. The van der Waals surface area contributed by atoms with Gasteiger partial charge in [0.2, 0.25) is 5.82 Å². The fraction of sp³-hybridized carbons (Fsp3) is 0.333. The maximum atomic E-state index is 13.8. The Morgan fingerprint density at radius 3 is 2.24 bits per heavy atom. The molecular weight excluding hydrogens is 669 g/mol. The van der Waals surface area contributed by atoms with E-state index in [0.29, 0.717) is 15.3 Å². The van der Waals surface area contributed by atoms with E-state index < -0.39 is 90.8 Å². The summed E-state index contributed by atoms with van der Waals surface area (Å²) in [5.41, 5.74) is 2.35. The summed E-state index contributed by atoms with van der Waals surface area (Å²) in [7, 11) is 0. The molecule has 0 saturated carbocycles. The molecule has 0 aliphatic carbocycles. The lowest BCUT2D eigenvalue weighted by Crippen LogP contribution is -2.47. The zero-order valence-corrected chi connectivity index (χ0v) is 23.3. The monoisotopic (exact) mass is 687 g/mol. The molecule has 3 heterocycles. The number of nitrogens with zero attached hydrogens (tertiary/aromatic N) is 7. The maximum absolute atomic E-state index is 13.8. The molecule has 2 atom stereocenters. The smallest absolute Gasteiger partial charge is 0.382 e. The second-order valence-corrected chi connectivity index (χ2v) is 9.87. The second kappa shape index (κ2) is 12.7.